The summed E-state index contributed by atoms with van der Waals surface area (Å²) in [6.45, 7) is 9.31. The molecule has 2 heteroatoms. The first-order valence-electron chi connectivity index (χ1n) is 7.66. The first kappa shape index (κ1) is 15.4. The number of anilines is 1. The van der Waals surface area contributed by atoms with Crippen LogP contribution in [0.5, 0.6) is 5.75 Å². The Bertz CT molecular complexity index is 592. The molecule has 0 saturated carbocycles. The highest BCUT2D eigenvalue weighted by Crippen LogP contribution is 2.21. The summed E-state index contributed by atoms with van der Waals surface area (Å²) >= 11 is 0. The van der Waals surface area contributed by atoms with E-state index in [0.717, 1.165) is 18.7 Å². The van der Waals surface area contributed by atoms with Crippen LogP contribution in [0.4, 0.5) is 5.69 Å². The summed E-state index contributed by atoms with van der Waals surface area (Å²) in [6, 6.07) is 14.6. The van der Waals surface area contributed by atoms with Crippen LogP contribution in [0.2, 0.25) is 0 Å². The molecule has 112 valence electrons. The third-order valence-corrected chi connectivity index (χ3v) is 3.63. The molecule has 2 aromatic rings. The molecular weight excluding hydrogens is 258 g/mol. The van der Waals surface area contributed by atoms with Gasteiger partial charge in [-0.25, -0.2) is 0 Å². The van der Waals surface area contributed by atoms with Crippen molar-refractivity contribution in [3.63, 3.8) is 0 Å². The van der Waals surface area contributed by atoms with Gasteiger partial charge in [-0.05, 0) is 56.0 Å². The van der Waals surface area contributed by atoms with Crippen LogP contribution < -0.4 is 10.1 Å². The largest absolute Gasteiger partial charge is 0.489 e. The standard InChI is InChI=1S/C19H25NO/c1-5-17-10-7-9-15(3)19(17)20-13-16(4)21-18-11-6-8-14(2)12-18/h6-12,16,20H,5,13H2,1-4H3. The third kappa shape index (κ3) is 4.25. The predicted octanol–water partition coefficient (Wildman–Crippen LogP) is 4.75. The van der Waals surface area contributed by atoms with Crippen molar-refractivity contribution in [1.29, 1.82) is 0 Å². The van der Waals surface area contributed by atoms with Gasteiger partial charge in [0.05, 0.1) is 6.54 Å². The van der Waals surface area contributed by atoms with E-state index in [1.807, 2.05) is 12.1 Å². The third-order valence-electron chi connectivity index (χ3n) is 3.63. The lowest BCUT2D eigenvalue weighted by atomic mass is 10.1. The molecule has 2 aromatic carbocycles. The average molecular weight is 283 g/mol. The summed E-state index contributed by atoms with van der Waals surface area (Å²) in [4.78, 5) is 0. The number of benzene rings is 2. The van der Waals surface area contributed by atoms with Crippen LogP contribution in [0.15, 0.2) is 42.5 Å². The minimum Gasteiger partial charge on any atom is -0.489 e. The SMILES string of the molecule is CCc1cccc(C)c1NCC(C)Oc1cccc(C)c1. The molecule has 1 unspecified atom stereocenters. The van der Waals surface area contributed by atoms with Gasteiger partial charge in [-0.2, -0.15) is 0 Å². The normalized spacial score (nSPS) is 12.0. The van der Waals surface area contributed by atoms with Crippen molar-refractivity contribution in [2.24, 2.45) is 0 Å². The zero-order valence-electron chi connectivity index (χ0n) is 13.4. The molecule has 0 heterocycles. The molecule has 1 atom stereocenters. The van der Waals surface area contributed by atoms with Crippen LogP contribution in [0.1, 0.15) is 30.5 Å². The van der Waals surface area contributed by atoms with Gasteiger partial charge in [0.25, 0.3) is 0 Å². The van der Waals surface area contributed by atoms with Gasteiger partial charge in [0.1, 0.15) is 11.9 Å². The predicted molar refractivity (Wildman–Crippen MR) is 90.3 cm³/mol. The van der Waals surface area contributed by atoms with E-state index in [0.29, 0.717) is 0 Å². The van der Waals surface area contributed by atoms with Gasteiger partial charge in [0.15, 0.2) is 0 Å². The molecule has 0 aliphatic carbocycles. The Labute approximate surface area is 128 Å². The topological polar surface area (TPSA) is 21.3 Å². The highest BCUT2D eigenvalue weighted by Gasteiger charge is 2.08. The minimum atomic E-state index is 0.121. The van der Waals surface area contributed by atoms with Gasteiger partial charge in [0, 0.05) is 5.69 Å². The molecular formula is C19H25NO. The monoisotopic (exact) mass is 283 g/mol. The molecule has 21 heavy (non-hydrogen) atoms. The van der Waals surface area contributed by atoms with Gasteiger partial charge in [0.2, 0.25) is 0 Å². The van der Waals surface area contributed by atoms with Crippen molar-refractivity contribution in [2.45, 2.75) is 40.2 Å². The van der Waals surface area contributed by atoms with E-state index >= 15 is 0 Å². The zero-order valence-corrected chi connectivity index (χ0v) is 13.4. The summed E-state index contributed by atoms with van der Waals surface area (Å²) < 4.78 is 5.97. The summed E-state index contributed by atoms with van der Waals surface area (Å²) in [7, 11) is 0. The molecule has 0 radical (unpaired) electrons. The van der Waals surface area contributed by atoms with E-state index in [2.05, 4.69) is 63.3 Å². The highest BCUT2D eigenvalue weighted by molar-refractivity contribution is 5.57. The number of para-hydroxylation sites is 1. The van der Waals surface area contributed by atoms with E-state index in [1.54, 1.807) is 0 Å². The molecule has 2 nitrogen and oxygen atoms in total. The number of ether oxygens (including phenoxy) is 1. The van der Waals surface area contributed by atoms with Crippen molar-refractivity contribution in [3.05, 3.63) is 59.2 Å². The fourth-order valence-electron chi connectivity index (χ4n) is 2.48. The maximum atomic E-state index is 5.97. The van der Waals surface area contributed by atoms with E-state index in [-0.39, 0.29) is 6.10 Å². The highest BCUT2D eigenvalue weighted by atomic mass is 16.5. The lowest BCUT2D eigenvalue weighted by molar-refractivity contribution is 0.234. The Morgan fingerprint density at radius 1 is 1.10 bits per heavy atom. The van der Waals surface area contributed by atoms with Crippen molar-refractivity contribution in [1.82, 2.24) is 0 Å². The summed E-state index contributed by atoms with van der Waals surface area (Å²) in [5.41, 5.74) is 5.12. The van der Waals surface area contributed by atoms with E-state index in [4.69, 9.17) is 4.74 Å². The smallest absolute Gasteiger partial charge is 0.120 e. The Morgan fingerprint density at radius 2 is 1.86 bits per heavy atom. The van der Waals surface area contributed by atoms with Crippen LogP contribution in [0.3, 0.4) is 0 Å². The van der Waals surface area contributed by atoms with Crippen molar-refractivity contribution in [2.75, 3.05) is 11.9 Å². The van der Waals surface area contributed by atoms with Gasteiger partial charge in [-0.1, -0.05) is 37.3 Å². The van der Waals surface area contributed by atoms with E-state index in [1.165, 1.54) is 22.4 Å². The van der Waals surface area contributed by atoms with Gasteiger partial charge < -0.3 is 10.1 Å². The van der Waals surface area contributed by atoms with Gasteiger partial charge >= 0.3 is 0 Å². The maximum Gasteiger partial charge on any atom is 0.120 e. The molecule has 0 aromatic heterocycles. The fourth-order valence-corrected chi connectivity index (χ4v) is 2.48. The molecule has 0 spiro atoms. The van der Waals surface area contributed by atoms with Crippen LogP contribution in [-0.4, -0.2) is 12.6 Å². The zero-order chi connectivity index (χ0) is 15.2. The fraction of sp³-hybridized carbons (Fsp3) is 0.368. The number of nitrogens with one attached hydrogen (secondary N) is 1. The van der Waals surface area contributed by atoms with Gasteiger partial charge in [-0.3, -0.25) is 0 Å². The second-order valence-corrected chi connectivity index (χ2v) is 5.59. The van der Waals surface area contributed by atoms with E-state index in [9.17, 15) is 0 Å². The van der Waals surface area contributed by atoms with Gasteiger partial charge in [-0.15, -0.1) is 0 Å². The summed E-state index contributed by atoms with van der Waals surface area (Å²) in [5.74, 6) is 0.935. The minimum absolute atomic E-state index is 0.121. The first-order chi connectivity index (χ1) is 10.1. The Hall–Kier alpha value is -1.96. The second kappa shape index (κ2) is 7.16. The average Bonchev–Trinajstić information content (AvgIpc) is 2.45. The lowest BCUT2D eigenvalue weighted by Crippen LogP contribution is -2.23. The molecule has 1 N–H and O–H groups in total. The van der Waals surface area contributed by atoms with Crippen molar-refractivity contribution < 1.29 is 4.74 Å². The van der Waals surface area contributed by atoms with Crippen LogP contribution in [0, 0.1) is 13.8 Å². The quantitative estimate of drug-likeness (QED) is 0.826. The van der Waals surface area contributed by atoms with Crippen LogP contribution >= 0.6 is 0 Å². The van der Waals surface area contributed by atoms with Crippen molar-refractivity contribution >= 4 is 5.69 Å². The molecule has 0 aliphatic rings. The maximum absolute atomic E-state index is 5.97. The number of hydrogen-bond acceptors (Lipinski definition) is 2. The summed E-state index contributed by atoms with van der Waals surface area (Å²) in [5, 5.41) is 3.54. The molecule has 0 bridgehead atoms. The summed E-state index contributed by atoms with van der Waals surface area (Å²) in [6.07, 6.45) is 1.16. The number of hydrogen-bond donors (Lipinski definition) is 1. The molecule has 2 rings (SSSR count). The number of aryl methyl sites for hydroxylation is 3. The Balaban J connectivity index is 1.97. The van der Waals surface area contributed by atoms with Crippen molar-refractivity contribution in [3.8, 4) is 5.75 Å². The Morgan fingerprint density at radius 3 is 2.57 bits per heavy atom. The molecule has 0 aliphatic heterocycles. The van der Waals surface area contributed by atoms with E-state index < -0.39 is 0 Å². The van der Waals surface area contributed by atoms with Crippen LogP contribution in [-0.2, 0) is 6.42 Å². The molecule has 0 saturated heterocycles. The molecule has 0 fully saturated rings. The first-order valence-corrected chi connectivity index (χ1v) is 7.66. The van der Waals surface area contributed by atoms with Crippen LogP contribution in [0.25, 0.3) is 0 Å². The number of rotatable bonds is 6. The Kier molecular flexibility index (Phi) is 5.26. The second-order valence-electron chi connectivity index (χ2n) is 5.59. The molecule has 0 amide bonds. The lowest BCUT2D eigenvalue weighted by Gasteiger charge is -2.19.